The Bertz CT molecular complexity index is 934. The average Bonchev–Trinajstić information content (AvgIpc) is 3.27. The number of rotatable bonds is 7. The summed E-state index contributed by atoms with van der Waals surface area (Å²) in [5.74, 6) is 1.33. The number of carbonyl (C=O) groups is 1. The molecule has 3 aromatic rings. The Morgan fingerprint density at radius 3 is 2.36 bits per heavy atom. The Labute approximate surface area is 162 Å². The lowest BCUT2D eigenvalue weighted by Gasteiger charge is -2.19. The first-order valence-electron chi connectivity index (χ1n) is 8.51. The minimum Gasteiger partial charge on any atom is -0.493 e. The number of hydrogen-bond acceptors (Lipinski definition) is 7. The maximum atomic E-state index is 12.7. The molecule has 0 saturated heterocycles. The number of tetrazole rings is 1. The molecule has 1 atom stereocenters. The number of methoxy groups -OCH3 is 3. The number of aromatic nitrogens is 4. The van der Waals surface area contributed by atoms with Crippen LogP contribution in [0.25, 0.3) is 5.69 Å². The van der Waals surface area contributed by atoms with E-state index in [4.69, 9.17) is 14.2 Å². The molecule has 1 unspecified atom stereocenters. The predicted octanol–water partition coefficient (Wildman–Crippen LogP) is 2.18. The highest BCUT2D eigenvalue weighted by molar-refractivity contribution is 5.95. The summed E-state index contributed by atoms with van der Waals surface area (Å²) < 4.78 is 17.6. The Morgan fingerprint density at radius 2 is 1.79 bits per heavy atom. The number of nitrogens with one attached hydrogen (secondary N) is 1. The van der Waals surface area contributed by atoms with E-state index in [-0.39, 0.29) is 11.9 Å². The van der Waals surface area contributed by atoms with Gasteiger partial charge in [-0.25, -0.2) is 4.68 Å². The zero-order chi connectivity index (χ0) is 20.1. The van der Waals surface area contributed by atoms with Crippen LogP contribution >= 0.6 is 0 Å². The number of benzene rings is 2. The second-order valence-corrected chi connectivity index (χ2v) is 5.96. The fraction of sp³-hybridized carbons (Fsp3) is 0.263. The van der Waals surface area contributed by atoms with Crippen LogP contribution in [-0.4, -0.2) is 47.4 Å². The van der Waals surface area contributed by atoms with E-state index in [0.717, 1.165) is 5.56 Å². The fourth-order valence-electron chi connectivity index (χ4n) is 2.78. The summed E-state index contributed by atoms with van der Waals surface area (Å²) in [6, 6.07) is 10.4. The zero-order valence-electron chi connectivity index (χ0n) is 16.0. The highest BCUT2D eigenvalue weighted by Crippen LogP contribution is 2.39. The SMILES string of the molecule is COc1cc(C(C)NC(=O)c2cccc(-n3cnnn3)c2)cc(OC)c1OC. The molecule has 9 nitrogen and oxygen atoms in total. The summed E-state index contributed by atoms with van der Waals surface area (Å²) in [6.07, 6.45) is 1.47. The molecule has 0 aliphatic rings. The number of hydrogen-bond donors (Lipinski definition) is 1. The van der Waals surface area contributed by atoms with E-state index in [1.165, 1.54) is 11.0 Å². The van der Waals surface area contributed by atoms with Crippen LogP contribution in [0.1, 0.15) is 28.9 Å². The number of ether oxygens (including phenoxy) is 3. The molecule has 1 heterocycles. The summed E-state index contributed by atoms with van der Waals surface area (Å²) in [4.78, 5) is 12.7. The molecule has 28 heavy (non-hydrogen) atoms. The van der Waals surface area contributed by atoms with Crippen molar-refractivity contribution in [2.75, 3.05) is 21.3 Å². The smallest absolute Gasteiger partial charge is 0.251 e. The lowest BCUT2D eigenvalue weighted by Crippen LogP contribution is -2.26. The second-order valence-electron chi connectivity index (χ2n) is 5.96. The normalized spacial score (nSPS) is 11.6. The van der Waals surface area contributed by atoms with Gasteiger partial charge in [-0.05, 0) is 53.2 Å². The van der Waals surface area contributed by atoms with Crippen LogP contribution in [0.3, 0.4) is 0 Å². The summed E-state index contributed by atoms with van der Waals surface area (Å²) in [5, 5.41) is 14.0. The van der Waals surface area contributed by atoms with Crippen molar-refractivity contribution in [1.82, 2.24) is 25.5 Å². The van der Waals surface area contributed by atoms with E-state index < -0.39 is 0 Å². The van der Waals surface area contributed by atoms with Crippen LogP contribution < -0.4 is 19.5 Å². The Balaban J connectivity index is 1.82. The fourth-order valence-corrected chi connectivity index (χ4v) is 2.78. The monoisotopic (exact) mass is 383 g/mol. The van der Waals surface area contributed by atoms with Gasteiger partial charge in [0.25, 0.3) is 5.91 Å². The minimum absolute atomic E-state index is 0.226. The van der Waals surface area contributed by atoms with Crippen LogP contribution in [0.5, 0.6) is 17.2 Å². The topological polar surface area (TPSA) is 100 Å². The molecule has 1 amide bonds. The van der Waals surface area contributed by atoms with Crippen molar-refractivity contribution >= 4 is 5.91 Å². The van der Waals surface area contributed by atoms with Gasteiger partial charge in [-0.2, -0.15) is 0 Å². The number of nitrogens with zero attached hydrogens (tertiary/aromatic N) is 4. The van der Waals surface area contributed by atoms with E-state index in [2.05, 4.69) is 20.8 Å². The highest BCUT2D eigenvalue weighted by Gasteiger charge is 2.18. The van der Waals surface area contributed by atoms with Crippen molar-refractivity contribution < 1.29 is 19.0 Å². The van der Waals surface area contributed by atoms with Gasteiger partial charge in [0, 0.05) is 5.56 Å². The first kappa shape index (κ1) is 19.2. The minimum atomic E-state index is -0.294. The van der Waals surface area contributed by atoms with Crippen LogP contribution in [0.4, 0.5) is 0 Å². The van der Waals surface area contributed by atoms with Gasteiger partial charge in [0.05, 0.1) is 33.1 Å². The molecule has 0 radical (unpaired) electrons. The molecule has 0 bridgehead atoms. The van der Waals surface area contributed by atoms with Crippen LogP contribution in [0.15, 0.2) is 42.7 Å². The molecule has 3 rings (SSSR count). The molecule has 0 saturated carbocycles. The van der Waals surface area contributed by atoms with Gasteiger partial charge in [-0.1, -0.05) is 6.07 Å². The maximum Gasteiger partial charge on any atom is 0.251 e. The summed E-state index contributed by atoms with van der Waals surface area (Å²) in [5.41, 5.74) is 2.00. The molecule has 0 spiro atoms. The van der Waals surface area contributed by atoms with E-state index >= 15 is 0 Å². The summed E-state index contributed by atoms with van der Waals surface area (Å²) >= 11 is 0. The third-order valence-corrected chi connectivity index (χ3v) is 4.26. The Hall–Kier alpha value is -3.62. The summed E-state index contributed by atoms with van der Waals surface area (Å²) in [6.45, 7) is 1.88. The van der Waals surface area contributed by atoms with Gasteiger partial charge in [0.2, 0.25) is 5.75 Å². The molecular weight excluding hydrogens is 362 g/mol. The van der Waals surface area contributed by atoms with Gasteiger partial charge in [-0.15, -0.1) is 5.10 Å². The van der Waals surface area contributed by atoms with Crippen molar-refractivity contribution in [2.24, 2.45) is 0 Å². The lowest BCUT2D eigenvalue weighted by atomic mass is 10.1. The third kappa shape index (κ3) is 3.88. The number of amides is 1. The lowest BCUT2D eigenvalue weighted by molar-refractivity contribution is 0.0939. The van der Waals surface area contributed by atoms with E-state index in [0.29, 0.717) is 28.5 Å². The quantitative estimate of drug-likeness (QED) is 0.667. The Kier molecular flexibility index (Phi) is 5.73. The van der Waals surface area contributed by atoms with Crippen LogP contribution in [0.2, 0.25) is 0 Å². The molecular formula is C19H21N5O4. The first-order valence-corrected chi connectivity index (χ1v) is 8.51. The van der Waals surface area contributed by atoms with Crippen molar-refractivity contribution in [3.63, 3.8) is 0 Å². The molecule has 0 aliphatic heterocycles. The van der Waals surface area contributed by atoms with Crippen molar-refractivity contribution in [1.29, 1.82) is 0 Å². The van der Waals surface area contributed by atoms with Crippen molar-refractivity contribution in [2.45, 2.75) is 13.0 Å². The number of carbonyl (C=O) groups excluding carboxylic acids is 1. The molecule has 146 valence electrons. The zero-order valence-corrected chi connectivity index (χ0v) is 16.0. The first-order chi connectivity index (χ1) is 13.6. The molecule has 0 fully saturated rings. The van der Waals surface area contributed by atoms with Gasteiger partial charge in [0.15, 0.2) is 11.5 Å². The van der Waals surface area contributed by atoms with Crippen LogP contribution in [-0.2, 0) is 0 Å². The predicted molar refractivity (Wildman–Crippen MR) is 101 cm³/mol. The van der Waals surface area contributed by atoms with Crippen LogP contribution in [0, 0.1) is 0 Å². The van der Waals surface area contributed by atoms with E-state index in [1.807, 2.05) is 25.1 Å². The van der Waals surface area contributed by atoms with Gasteiger partial charge in [0.1, 0.15) is 6.33 Å². The Morgan fingerprint density at radius 1 is 1.07 bits per heavy atom. The van der Waals surface area contributed by atoms with E-state index in [9.17, 15) is 4.79 Å². The van der Waals surface area contributed by atoms with Crippen molar-refractivity contribution in [3.8, 4) is 22.9 Å². The van der Waals surface area contributed by atoms with Gasteiger partial charge in [-0.3, -0.25) is 4.79 Å². The molecule has 0 aliphatic carbocycles. The average molecular weight is 383 g/mol. The second kappa shape index (κ2) is 8.38. The molecule has 2 aromatic carbocycles. The highest BCUT2D eigenvalue weighted by atomic mass is 16.5. The molecule has 1 aromatic heterocycles. The standard InChI is InChI=1S/C19H21N5O4/c1-12(14-9-16(26-2)18(28-4)17(10-14)27-3)21-19(25)13-6-5-7-15(8-13)24-11-20-22-23-24/h5-12H,1-4H3,(H,21,25). The van der Waals surface area contributed by atoms with E-state index in [1.54, 1.807) is 39.5 Å². The third-order valence-electron chi connectivity index (χ3n) is 4.26. The van der Waals surface area contributed by atoms with Crippen molar-refractivity contribution in [3.05, 3.63) is 53.9 Å². The largest absolute Gasteiger partial charge is 0.493 e. The molecule has 1 N–H and O–H groups in total. The van der Waals surface area contributed by atoms with Gasteiger partial charge < -0.3 is 19.5 Å². The molecule has 9 heteroatoms. The van der Waals surface area contributed by atoms with Gasteiger partial charge >= 0.3 is 0 Å². The maximum absolute atomic E-state index is 12.7. The summed E-state index contributed by atoms with van der Waals surface area (Å²) in [7, 11) is 4.65.